The van der Waals surface area contributed by atoms with E-state index in [1.807, 2.05) is 61.9 Å². The fraction of sp³-hybridized carbons (Fsp3) is 0.333. The number of rotatable bonds is 7. The smallest absolute Gasteiger partial charge is 0.193 e. The molecule has 1 N–H and O–H groups in total. The first-order chi connectivity index (χ1) is 13.2. The van der Waals surface area contributed by atoms with Crippen molar-refractivity contribution in [2.45, 2.75) is 19.9 Å². The summed E-state index contributed by atoms with van der Waals surface area (Å²) >= 11 is 0. The van der Waals surface area contributed by atoms with Gasteiger partial charge in [0.2, 0.25) is 0 Å². The van der Waals surface area contributed by atoms with Gasteiger partial charge in [-0.1, -0.05) is 18.2 Å². The largest absolute Gasteiger partial charge is 0.494 e. The zero-order valence-corrected chi connectivity index (χ0v) is 19.0. The topological polar surface area (TPSA) is 54.2 Å². The number of nitrogens with zero attached hydrogens (tertiary/aromatic N) is 4. The molecule has 0 atom stereocenters. The van der Waals surface area contributed by atoms with Gasteiger partial charge in [-0.25, -0.2) is 4.98 Å². The van der Waals surface area contributed by atoms with Crippen molar-refractivity contribution in [3.05, 3.63) is 66.1 Å². The van der Waals surface area contributed by atoms with E-state index in [0.717, 1.165) is 42.6 Å². The molecule has 0 saturated carbocycles. The molecule has 3 rings (SSSR count). The number of aromatic nitrogens is 2. The molecule has 0 aliphatic heterocycles. The highest BCUT2D eigenvalue weighted by atomic mass is 127. The van der Waals surface area contributed by atoms with Gasteiger partial charge in [0.15, 0.2) is 5.96 Å². The lowest BCUT2D eigenvalue weighted by Crippen LogP contribution is -2.39. The minimum atomic E-state index is 0. The first kappa shape index (κ1) is 22.0. The summed E-state index contributed by atoms with van der Waals surface area (Å²) in [5.74, 6) is 1.77. The number of hydrogen-bond donors (Lipinski definition) is 1. The van der Waals surface area contributed by atoms with Crippen LogP contribution in [-0.2, 0) is 13.0 Å². The average molecular weight is 493 g/mol. The van der Waals surface area contributed by atoms with Crippen LogP contribution in [0.15, 0.2) is 59.9 Å². The second kappa shape index (κ2) is 10.9. The zero-order chi connectivity index (χ0) is 19.1. The average Bonchev–Trinajstić information content (AvgIpc) is 3.10. The van der Waals surface area contributed by atoms with Crippen molar-refractivity contribution in [2.75, 3.05) is 27.2 Å². The zero-order valence-electron chi connectivity index (χ0n) is 16.6. The molecule has 0 aliphatic rings. The Labute approximate surface area is 183 Å². The van der Waals surface area contributed by atoms with E-state index in [-0.39, 0.29) is 24.0 Å². The first-order valence-corrected chi connectivity index (χ1v) is 9.25. The number of benzene rings is 1. The Balaban J connectivity index is 0.00000280. The molecule has 6 nitrogen and oxygen atoms in total. The van der Waals surface area contributed by atoms with Crippen LogP contribution >= 0.6 is 24.0 Å². The lowest BCUT2D eigenvalue weighted by molar-refractivity contribution is 0.340. The summed E-state index contributed by atoms with van der Waals surface area (Å²) in [4.78, 5) is 11.1. The molecule has 0 saturated heterocycles. The summed E-state index contributed by atoms with van der Waals surface area (Å²) in [6, 6.07) is 14.2. The van der Waals surface area contributed by atoms with Crippen molar-refractivity contribution in [1.82, 2.24) is 19.6 Å². The van der Waals surface area contributed by atoms with Crippen molar-refractivity contribution < 1.29 is 4.74 Å². The SMILES string of the molecule is CCOc1ccc(CN(C)C(=NC)NCCc2cn3ccccc3n2)cc1.I. The number of pyridine rings is 1. The predicted octanol–water partition coefficient (Wildman–Crippen LogP) is 3.60. The molecular weight excluding hydrogens is 465 g/mol. The lowest BCUT2D eigenvalue weighted by atomic mass is 10.2. The number of nitrogens with one attached hydrogen (secondary N) is 1. The molecule has 0 amide bonds. The molecular formula is C21H28IN5O. The summed E-state index contributed by atoms with van der Waals surface area (Å²) in [7, 11) is 3.85. The van der Waals surface area contributed by atoms with E-state index in [1.54, 1.807) is 0 Å². The standard InChI is InChI=1S/C21H27N5O.HI/c1-4-27-19-10-8-17(9-11-19)15-25(3)21(22-2)23-13-12-18-16-26-14-6-5-7-20(26)24-18;/h5-11,14,16H,4,12-13,15H2,1-3H3,(H,22,23);1H. The number of halogens is 1. The van der Waals surface area contributed by atoms with Crippen LogP contribution in [0.25, 0.3) is 5.65 Å². The molecule has 2 heterocycles. The highest BCUT2D eigenvalue weighted by Gasteiger charge is 2.07. The van der Waals surface area contributed by atoms with Gasteiger partial charge in [-0.15, -0.1) is 24.0 Å². The van der Waals surface area contributed by atoms with Gasteiger partial charge in [0.25, 0.3) is 0 Å². The van der Waals surface area contributed by atoms with E-state index < -0.39 is 0 Å². The molecule has 7 heteroatoms. The number of ether oxygens (including phenoxy) is 1. The molecule has 150 valence electrons. The molecule has 0 aliphatic carbocycles. The van der Waals surface area contributed by atoms with Gasteiger partial charge >= 0.3 is 0 Å². The van der Waals surface area contributed by atoms with Crippen molar-refractivity contribution in [2.24, 2.45) is 4.99 Å². The third kappa shape index (κ3) is 5.85. The fourth-order valence-corrected chi connectivity index (χ4v) is 3.00. The number of hydrogen-bond acceptors (Lipinski definition) is 3. The maximum atomic E-state index is 5.49. The van der Waals surface area contributed by atoms with Crippen LogP contribution in [0, 0.1) is 0 Å². The quantitative estimate of drug-likeness (QED) is 0.311. The predicted molar refractivity (Wildman–Crippen MR) is 125 cm³/mol. The van der Waals surface area contributed by atoms with Crippen LogP contribution in [0.4, 0.5) is 0 Å². The highest BCUT2D eigenvalue weighted by molar-refractivity contribution is 14.0. The van der Waals surface area contributed by atoms with Gasteiger partial charge < -0.3 is 19.4 Å². The number of guanidine groups is 1. The minimum Gasteiger partial charge on any atom is -0.494 e. The maximum absolute atomic E-state index is 5.49. The summed E-state index contributed by atoms with van der Waals surface area (Å²) < 4.78 is 7.54. The van der Waals surface area contributed by atoms with E-state index in [0.29, 0.717) is 6.61 Å². The van der Waals surface area contributed by atoms with E-state index >= 15 is 0 Å². The molecule has 0 fully saturated rings. The van der Waals surface area contributed by atoms with E-state index in [2.05, 4.69) is 38.5 Å². The van der Waals surface area contributed by atoms with Crippen LogP contribution in [0.5, 0.6) is 5.75 Å². The van der Waals surface area contributed by atoms with E-state index in [4.69, 9.17) is 4.74 Å². The molecule has 0 bridgehead atoms. The number of imidazole rings is 1. The van der Waals surface area contributed by atoms with Gasteiger partial charge in [-0.05, 0) is 36.8 Å². The van der Waals surface area contributed by atoms with Crippen molar-refractivity contribution in [1.29, 1.82) is 0 Å². The summed E-state index contributed by atoms with van der Waals surface area (Å²) in [5, 5.41) is 3.42. The summed E-state index contributed by atoms with van der Waals surface area (Å²) in [6.07, 6.45) is 4.93. The van der Waals surface area contributed by atoms with Gasteiger partial charge in [-0.2, -0.15) is 0 Å². The molecule has 1 aromatic carbocycles. The van der Waals surface area contributed by atoms with Crippen LogP contribution in [0.3, 0.4) is 0 Å². The van der Waals surface area contributed by atoms with Gasteiger partial charge in [0, 0.05) is 46.0 Å². The second-order valence-electron chi connectivity index (χ2n) is 6.36. The third-order valence-corrected chi connectivity index (χ3v) is 4.31. The van der Waals surface area contributed by atoms with E-state index in [1.165, 1.54) is 5.56 Å². The molecule has 0 radical (unpaired) electrons. The second-order valence-corrected chi connectivity index (χ2v) is 6.36. The summed E-state index contributed by atoms with van der Waals surface area (Å²) in [5.41, 5.74) is 3.26. The Bertz CT molecular complexity index is 858. The minimum absolute atomic E-state index is 0. The van der Waals surface area contributed by atoms with Crippen LogP contribution in [-0.4, -0.2) is 47.5 Å². The molecule has 0 unspecified atom stereocenters. The molecule has 0 spiro atoms. The van der Waals surface area contributed by atoms with Gasteiger partial charge in [0.05, 0.1) is 12.3 Å². The maximum Gasteiger partial charge on any atom is 0.193 e. The van der Waals surface area contributed by atoms with Gasteiger partial charge in [0.1, 0.15) is 11.4 Å². The monoisotopic (exact) mass is 493 g/mol. The Hall–Kier alpha value is -2.29. The van der Waals surface area contributed by atoms with Crippen LogP contribution < -0.4 is 10.1 Å². The molecule has 28 heavy (non-hydrogen) atoms. The van der Waals surface area contributed by atoms with Gasteiger partial charge in [-0.3, -0.25) is 4.99 Å². The van der Waals surface area contributed by atoms with Crippen LogP contribution in [0.1, 0.15) is 18.2 Å². The Kier molecular flexibility index (Phi) is 8.56. The number of aliphatic imine (C=N–C) groups is 1. The molecule has 3 aromatic rings. The third-order valence-electron chi connectivity index (χ3n) is 4.31. The number of fused-ring (bicyclic) bond motifs is 1. The van der Waals surface area contributed by atoms with E-state index in [9.17, 15) is 0 Å². The fourth-order valence-electron chi connectivity index (χ4n) is 3.00. The van der Waals surface area contributed by atoms with Crippen molar-refractivity contribution in [3.63, 3.8) is 0 Å². The van der Waals surface area contributed by atoms with Crippen LogP contribution in [0.2, 0.25) is 0 Å². The van der Waals surface area contributed by atoms with Crippen molar-refractivity contribution >= 4 is 35.6 Å². The lowest BCUT2D eigenvalue weighted by Gasteiger charge is -2.22. The Morgan fingerprint density at radius 1 is 1.21 bits per heavy atom. The normalized spacial score (nSPS) is 11.2. The Morgan fingerprint density at radius 3 is 2.68 bits per heavy atom. The van der Waals surface area contributed by atoms with Crippen molar-refractivity contribution in [3.8, 4) is 5.75 Å². The summed E-state index contributed by atoms with van der Waals surface area (Å²) in [6.45, 7) is 4.23. The highest BCUT2D eigenvalue weighted by Crippen LogP contribution is 2.13. The molecule has 2 aromatic heterocycles. The Morgan fingerprint density at radius 2 is 2.00 bits per heavy atom. The first-order valence-electron chi connectivity index (χ1n) is 9.25.